The van der Waals surface area contributed by atoms with Gasteiger partial charge in [-0.15, -0.1) is 0 Å². The molecule has 0 aromatic carbocycles. The Kier molecular flexibility index (Phi) is 5.86. The molecule has 0 aliphatic heterocycles. The van der Waals surface area contributed by atoms with Crippen molar-refractivity contribution in [1.82, 2.24) is 5.43 Å². The summed E-state index contributed by atoms with van der Waals surface area (Å²) < 4.78 is 0. The molecule has 0 heterocycles. The van der Waals surface area contributed by atoms with E-state index in [1.165, 1.54) is 57.8 Å². The van der Waals surface area contributed by atoms with Crippen LogP contribution in [-0.2, 0) is 0 Å². The molecule has 4 N–H and O–H groups in total. The van der Waals surface area contributed by atoms with Crippen molar-refractivity contribution in [2.45, 2.75) is 126 Å². The highest BCUT2D eigenvalue weighted by molar-refractivity contribution is 5.92. The smallest absolute Gasteiger partial charge is 0.332 e. The second-order valence-electron chi connectivity index (χ2n) is 16.1. The zero-order valence-corrected chi connectivity index (χ0v) is 24.3. The second-order valence-corrected chi connectivity index (χ2v) is 16.1. The number of rotatable bonds is 1. The lowest BCUT2D eigenvalue weighted by atomic mass is 9.30. The van der Waals surface area contributed by atoms with E-state index < -0.39 is 12.1 Å². The molecular formula is C31H53N3O2. The molecule has 2 amide bonds. The molecule has 0 aromatic rings. The fraction of sp³-hybridized carbons (Fsp3) is 0.935. The van der Waals surface area contributed by atoms with E-state index in [4.69, 9.17) is 5.73 Å². The number of carbonyl (C=O) groups is 1. The fourth-order valence-electron chi connectivity index (χ4n) is 11.5. The molecule has 0 aromatic heterocycles. The van der Waals surface area contributed by atoms with Crippen molar-refractivity contribution >= 4 is 11.7 Å². The van der Waals surface area contributed by atoms with Gasteiger partial charge in [0.25, 0.3) is 0 Å². The third kappa shape index (κ3) is 3.42. The number of hydrazone groups is 1. The van der Waals surface area contributed by atoms with Gasteiger partial charge >= 0.3 is 6.03 Å². The lowest BCUT2D eigenvalue weighted by Crippen LogP contribution is -2.68. The summed E-state index contributed by atoms with van der Waals surface area (Å²) in [6.45, 7) is 20.3. The Morgan fingerprint density at radius 2 is 1.47 bits per heavy atom. The first-order valence-electron chi connectivity index (χ1n) is 14.8. The first kappa shape index (κ1) is 26.5. The summed E-state index contributed by atoms with van der Waals surface area (Å²) in [5, 5.41) is 15.6. The Labute approximate surface area is 219 Å². The molecule has 10 atom stereocenters. The van der Waals surface area contributed by atoms with Crippen molar-refractivity contribution in [1.29, 1.82) is 0 Å². The number of primary amides is 1. The average Bonchev–Trinajstić information content (AvgIpc) is 2.78. The van der Waals surface area contributed by atoms with Gasteiger partial charge in [0.2, 0.25) is 0 Å². The van der Waals surface area contributed by atoms with E-state index in [0.29, 0.717) is 39.2 Å². The molecule has 0 unspecified atom stereocenters. The second kappa shape index (κ2) is 7.96. The maximum Gasteiger partial charge on any atom is 0.332 e. The minimum atomic E-state index is -0.667. The lowest BCUT2D eigenvalue weighted by Gasteiger charge is -2.75. The number of amides is 2. The quantitative estimate of drug-likeness (QED) is 0.343. The molecule has 5 saturated carbocycles. The number of fused-ring (bicyclic) bond motifs is 7. The van der Waals surface area contributed by atoms with Gasteiger partial charge in [-0.05, 0) is 114 Å². The molecule has 5 rings (SSSR count). The van der Waals surface area contributed by atoms with Crippen molar-refractivity contribution in [3.63, 3.8) is 0 Å². The number of nitrogens with two attached hydrogens (primary N) is 1. The molecule has 5 heteroatoms. The monoisotopic (exact) mass is 499 g/mol. The average molecular weight is 500 g/mol. The van der Waals surface area contributed by atoms with Crippen molar-refractivity contribution in [2.75, 3.05) is 0 Å². The number of urea groups is 1. The van der Waals surface area contributed by atoms with Gasteiger partial charge in [-0.2, -0.15) is 5.10 Å². The highest BCUT2D eigenvalue weighted by Crippen LogP contribution is 2.78. The number of hydrogen-bond donors (Lipinski definition) is 3. The van der Waals surface area contributed by atoms with Crippen molar-refractivity contribution < 1.29 is 9.90 Å². The van der Waals surface area contributed by atoms with E-state index in [9.17, 15) is 9.90 Å². The molecule has 5 fully saturated rings. The predicted octanol–water partition coefficient (Wildman–Crippen LogP) is 6.88. The number of hydrogen-bond acceptors (Lipinski definition) is 3. The molecular weight excluding hydrogens is 446 g/mol. The van der Waals surface area contributed by atoms with E-state index in [0.717, 1.165) is 12.3 Å². The summed E-state index contributed by atoms with van der Waals surface area (Å²) >= 11 is 0. The van der Waals surface area contributed by atoms with Crippen LogP contribution < -0.4 is 11.2 Å². The van der Waals surface area contributed by atoms with Crippen molar-refractivity contribution in [2.24, 2.45) is 67.0 Å². The molecule has 5 aliphatic rings. The van der Waals surface area contributed by atoms with Gasteiger partial charge in [0.05, 0.1) is 11.8 Å². The van der Waals surface area contributed by atoms with Crippen LogP contribution in [0.15, 0.2) is 5.10 Å². The van der Waals surface area contributed by atoms with Gasteiger partial charge in [0.15, 0.2) is 0 Å². The van der Waals surface area contributed by atoms with Crippen LogP contribution in [0.5, 0.6) is 0 Å². The number of carbonyl (C=O) groups excluding carboxylic acids is 1. The van der Waals surface area contributed by atoms with E-state index in [1.54, 1.807) is 0 Å². The van der Waals surface area contributed by atoms with Crippen LogP contribution in [0.1, 0.15) is 120 Å². The topological polar surface area (TPSA) is 87.7 Å². The molecule has 0 saturated heterocycles. The van der Waals surface area contributed by atoms with E-state index >= 15 is 0 Å². The summed E-state index contributed by atoms with van der Waals surface area (Å²) in [7, 11) is 0. The van der Waals surface area contributed by atoms with E-state index in [2.05, 4.69) is 65.9 Å². The molecule has 0 bridgehead atoms. The van der Waals surface area contributed by atoms with Crippen LogP contribution in [-0.4, -0.2) is 23.0 Å². The molecule has 5 aliphatic carbocycles. The van der Waals surface area contributed by atoms with Crippen LogP contribution in [0.2, 0.25) is 0 Å². The summed E-state index contributed by atoms with van der Waals surface area (Å²) in [4.78, 5) is 11.3. The maximum absolute atomic E-state index is 11.3. The Balaban J connectivity index is 1.51. The first-order chi connectivity index (χ1) is 16.5. The number of nitrogens with one attached hydrogen (secondary N) is 1. The summed E-state index contributed by atoms with van der Waals surface area (Å²) in [6, 6.07) is -0.667. The minimum absolute atomic E-state index is 0.0722. The first-order valence-corrected chi connectivity index (χ1v) is 14.8. The fourth-order valence-corrected chi connectivity index (χ4v) is 11.5. The van der Waals surface area contributed by atoms with Crippen LogP contribution >= 0.6 is 0 Å². The van der Waals surface area contributed by atoms with E-state index in [-0.39, 0.29) is 16.7 Å². The van der Waals surface area contributed by atoms with Gasteiger partial charge < -0.3 is 10.8 Å². The Hall–Kier alpha value is -1.10. The summed E-state index contributed by atoms with van der Waals surface area (Å²) in [5.41, 5.74) is 10.4. The van der Waals surface area contributed by atoms with E-state index in [1.807, 2.05) is 0 Å². The highest BCUT2D eigenvalue weighted by atomic mass is 16.3. The van der Waals surface area contributed by atoms with Crippen LogP contribution in [0.4, 0.5) is 4.79 Å². The molecule has 5 nitrogen and oxygen atoms in total. The Morgan fingerprint density at radius 3 is 2.14 bits per heavy atom. The number of aliphatic hydroxyl groups excluding tert-OH is 1. The maximum atomic E-state index is 11.3. The van der Waals surface area contributed by atoms with Crippen LogP contribution in [0, 0.1) is 56.2 Å². The predicted molar refractivity (Wildman–Crippen MR) is 146 cm³/mol. The SMILES string of the molecule is C[C@@H]1/C(=N/NC(N)=O)[C@H](O)C[C@@H]2[C@]1(C)CC[C@@H]1[C@]2(C)CC[C@@]2(C)[C@H]3CC(C)(C)CC[C@]3(C)CC[C@]12C. The Morgan fingerprint density at radius 1 is 0.861 bits per heavy atom. The summed E-state index contributed by atoms with van der Waals surface area (Å²) in [6.07, 6.45) is 12.0. The third-order valence-corrected chi connectivity index (χ3v) is 14.1. The normalized spacial score (nSPS) is 55.0. The van der Waals surface area contributed by atoms with Crippen LogP contribution in [0.25, 0.3) is 0 Å². The van der Waals surface area contributed by atoms with Gasteiger partial charge in [-0.3, -0.25) is 0 Å². The number of nitrogens with zero attached hydrogens (tertiary/aromatic N) is 1. The Bertz CT molecular complexity index is 961. The molecule has 0 spiro atoms. The van der Waals surface area contributed by atoms with Crippen LogP contribution in [0.3, 0.4) is 0 Å². The molecule has 36 heavy (non-hydrogen) atoms. The zero-order valence-electron chi connectivity index (χ0n) is 24.3. The molecule has 204 valence electrons. The third-order valence-electron chi connectivity index (χ3n) is 14.1. The summed E-state index contributed by atoms with van der Waals surface area (Å²) in [5.74, 6) is 2.07. The van der Waals surface area contributed by atoms with Gasteiger partial charge in [-0.1, -0.05) is 55.4 Å². The zero-order chi connectivity index (χ0) is 26.5. The minimum Gasteiger partial charge on any atom is -0.387 e. The van der Waals surface area contributed by atoms with Gasteiger partial charge in [-0.25, -0.2) is 10.2 Å². The standard InChI is InChI=1S/C31H53N3O2/c1-19-24(33-34-25(32)36)20(35)17-22-28(19,5)10-9-21-29(22,6)14-16-31(8)23-18-26(2,3)11-12-27(23,4)13-15-30(21,31)7/h19-23,35H,9-18H2,1-8H3,(H3,32,34,36)/b33-24-/t19-,20-,21-,22-,23+,27-,28-,29+,30-,31+/m1/s1. The lowest BCUT2D eigenvalue weighted by molar-refractivity contribution is -0.256. The van der Waals surface area contributed by atoms with Gasteiger partial charge in [0, 0.05) is 5.92 Å². The van der Waals surface area contributed by atoms with Gasteiger partial charge in [0.1, 0.15) is 0 Å². The molecule has 0 radical (unpaired) electrons. The van der Waals surface area contributed by atoms with Crippen molar-refractivity contribution in [3.8, 4) is 0 Å². The largest absolute Gasteiger partial charge is 0.387 e. The number of aliphatic hydroxyl groups is 1. The highest BCUT2D eigenvalue weighted by Gasteiger charge is 2.71. The van der Waals surface area contributed by atoms with Crippen molar-refractivity contribution in [3.05, 3.63) is 0 Å².